The van der Waals surface area contributed by atoms with Gasteiger partial charge in [-0.2, -0.15) is 0 Å². The highest BCUT2D eigenvalue weighted by atomic mass is 16.6. The average Bonchev–Trinajstić information content (AvgIpc) is 3.29. The fraction of sp³-hybridized carbons (Fsp3) is 0.767. The second kappa shape index (κ2) is 10.8. The molecule has 38 heavy (non-hydrogen) atoms. The van der Waals surface area contributed by atoms with Crippen molar-refractivity contribution in [2.45, 2.75) is 108 Å². The van der Waals surface area contributed by atoms with E-state index in [9.17, 15) is 19.5 Å². The lowest BCUT2D eigenvalue weighted by Crippen LogP contribution is -2.60. The molecule has 2 amide bonds. The Bertz CT molecular complexity index is 987. The Hall–Kier alpha value is -2.19. The predicted molar refractivity (Wildman–Crippen MR) is 142 cm³/mol. The zero-order chi connectivity index (χ0) is 27.1. The smallest absolute Gasteiger partial charge is 0.313 e. The van der Waals surface area contributed by atoms with E-state index in [-0.39, 0.29) is 37.0 Å². The van der Waals surface area contributed by atoms with Crippen LogP contribution >= 0.6 is 0 Å². The van der Waals surface area contributed by atoms with Gasteiger partial charge in [-0.15, -0.1) is 0 Å². The maximum atomic E-state index is 14.6. The van der Waals surface area contributed by atoms with Gasteiger partial charge in [-0.1, -0.05) is 64.3 Å². The van der Waals surface area contributed by atoms with Gasteiger partial charge in [0.1, 0.15) is 23.2 Å². The summed E-state index contributed by atoms with van der Waals surface area (Å²) < 4.78 is 12.7. The van der Waals surface area contributed by atoms with Gasteiger partial charge in [-0.25, -0.2) is 0 Å². The Labute approximate surface area is 226 Å². The summed E-state index contributed by atoms with van der Waals surface area (Å²) in [4.78, 5) is 46.3. The summed E-state index contributed by atoms with van der Waals surface area (Å²) in [5.74, 6) is -2.41. The van der Waals surface area contributed by atoms with E-state index in [0.29, 0.717) is 25.8 Å². The zero-order valence-electron chi connectivity index (χ0n) is 23.1. The summed E-state index contributed by atoms with van der Waals surface area (Å²) in [5, 5.41) is 10.5. The molecule has 4 heterocycles. The van der Waals surface area contributed by atoms with E-state index in [0.717, 1.165) is 32.1 Å². The number of cyclic esters (lactones) is 1. The molecular formula is C30H44N2O6. The standard InChI is InChI=1S/C30H44N2O6/c1-4-29-14-9-6-10-17-37-28(36)24(29)23-26(34)32(22(19-33)18-20(2)3)25-27(35)31(21-12-7-5-8-13-21)16-11-15-30(23,25)38-29/h9,11,14-15,20-25,33H,4-8,10,12-13,16-19H2,1-3H3/b14-9-/t22-,23+,24-,25?,29+,30+/m1/s1. The summed E-state index contributed by atoms with van der Waals surface area (Å²) in [6.45, 7) is 6.54. The molecule has 4 aliphatic heterocycles. The van der Waals surface area contributed by atoms with Crippen LogP contribution in [0.15, 0.2) is 24.3 Å². The highest BCUT2D eigenvalue weighted by Crippen LogP contribution is 2.58. The van der Waals surface area contributed by atoms with E-state index in [1.165, 1.54) is 6.42 Å². The van der Waals surface area contributed by atoms with Crippen molar-refractivity contribution < 1.29 is 29.0 Å². The number of aliphatic hydroxyl groups excluding tert-OH is 1. The van der Waals surface area contributed by atoms with Crippen LogP contribution in [0, 0.1) is 17.8 Å². The summed E-state index contributed by atoms with van der Waals surface area (Å²) in [7, 11) is 0. The molecule has 0 bridgehead atoms. The van der Waals surface area contributed by atoms with E-state index in [1.807, 2.05) is 50.0 Å². The summed E-state index contributed by atoms with van der Waals surface area (Å²) in [6.07, 6.45) is 15.6. The quantitative estimate of drug-likeness (QED) is 0.420. The third kappa shape index (κ3) is 4.32. The number of allylic oxidation sites excluding steroid dienone is 1. The Morgan fingerprint density at radius 2 is 1.79 bits per heavy atom. The second-order valence-electron chi connectivity index (χ2n) is 12.2. The molecule has 8 nitrogen and oxygen atoms in total. The molecule has 5 aliphatic rings. The average molecular weight is 529 g/mol. The fourth-order valence-electron chi connectivity index (χ4n) is 7.77. The van der Waals surface area contributed by atoms with Crippen LogP contribution in [0.1, 0.15) is 78.6 Å². The molecule has 1 spiro atoms. The molecular weight excluding hydrogens is 484 g/mol. The lowest BCUT2D eigenvalue weighted by Gasteiger charge is -2.42. The molecule has 1 saturated carbocycles. The number of esters is 1. The van der Waals surface area contributed by atoms with Crippen molar-refractivity contribution in [2.24, 2.45) is 17.8 Å². The molecule has 1 aliphatic carbocycles. The molecule has 0 aromatic carbocycles. The number of aliphatic hydroxyl groups is 1. The first-order valence-corrected chi connectivity index (χ1v) is 14.8. The summed E-state index contributed by atoms with van der Waals surface area (Å²) in [5.41, 5.74) is -2.34. The SMILES string of the molecule is CC[C@]12/C=C\CCCOC(=O)[C@H]1[C@H]1C(=O)N([C@@H](CO)CC(C)C)C3C(=O)N(C4CCCCC4)CC=C[C@@]31O2. The maximum absolute atomic E-state index is 14.6. The molecule has 1 unspecified atom stereocenters. The number of hydrogen-bond donors (Lipinski definition) is 1. The topological polar surface area (TPSA) is 96.4 Å². The number of carbonyl (C=O) groups is 3. The van der Waals surface area contributed by atoms with E-state index in [1.54, 1.807) is 4.90 Å². The molecule has 210 valence electrons. The van der Waals surface area contributed by atoms with Crippen LogP contribution < -0.4 is 0 Å². The van der Waals surface area contributed by atoms with Crippen molar-refractivity contribution in [3.05, 3.63) is 24.3 Å². The first kappa shape index (κ1) is 27.4. The first-order chi connectivity index (χ1) is 18.3. The Morgan fingerprint density at radius 3 is 2.47 bits per heavy atom. The number of rotatable bonds is 6. The van der Waals surface area contributed by atoms with Gasteiger partial charge in [-0.05, 0) is 44.4 Å². The van der Waals surface area contributed by atoms with Gasteiger partial charge in [-0.3, -0.25) is 14.4 Å². The van der Waals surface area contributed by atoms with Crippen LogP contribution in [-0.2, 0) is 23.9 Å². The molecule has 3 fully saturated rings. The number of amides is 2. The third-order valence-electron chi connectivity index (χ3n) is 9.47. The van der Waals surface area contributed by atoms with Crippen molar-refractivity contribution in [3.8, 4) is 0 Å². The van der Waals surface area contributed by atoms with Crippen LogP contribution in [0.4, 0.5) is 0 Å². The Morgan fingerprint density at radius 1 is 1.03 bits per heavy atom. The molecule has 0 aromatic rings. The van der Waals surface area contributed by atoms with Crippen LogP contribution in [0.5, 0.6) is 0 Å². The van der Waals surface area contributed by atoms with Gasteiger partial charge in [0.2, 0.25) is 11.8 Å². The molecule has 2 saturated heterocycles. The van der Waals surface area contributed by atoms with Crippen molar-refractivity contribution in [1.29, 1.82) is 0 Å². The van der Waals surface area contributed by atoms with Gasteiger partial charge in [0.25, 0.3) is 0 Å². The fourth-order valence-corrected chi connectivity index (χ4v) is 7.77. The van der Waals surface area contributed by atoms with Gasteiger partial charge >= 0.3 is 5.97 Å². The van der Waals surface area contributed by atoms with Gasteiger partial charge < -0.3 is 24.4 Å². The molecule has 0 aromatic heterocycles. The minimum absolute atomic E-state index is 0.119. The maximum Gasteiger partial charge on any atom is 0.313 e. The number of ether oxygens (including phenoxy) is 2. The molecule has 8 heteroatoms. The van der Waals surface area contributed by atoms with E-state index in [4.69, 9.17) is 9.47 Å². The van der Waals surface area contributed by atoms with Crippen molar-refractivity contribution >= 4 is 17.8 Å². The van der Waals surface area contributed by atoms with Crippen molar-refractivity contribution in [3.63, 3.8) is 0 Å². The molecule has 1 N–H and O–H groups in total. The summed E-state index contributed by atoms with van der Waals surface area (Å²) >= 11 is 0. The lowest BCUT2D eigenvalue weighted by atomic mass is 9.73. The number of carbonyl (C=O) groups excluding carboxylic acids is 3. The number of likely N-dealkylation sites (tertiary alicyclic amines) is 1. The molecule has 5 rings (SSSR count). The number of hydrogen-bond acceptors (Lipinski definition) is 6. The van der Waals surface area contributed by atoms with E-state index < -0.39 is 41.1 Å². The highest BCUT2D eigenvalue weighted by Gasteiger charge is 2.76. The largest absolute Gasteiger partial charge is 0.465 e. The number of nitrogens with zero attached hydrogens (tertiary/aromatic N) is 2. The van der Waals surface area contributed by atoms with Gasteiger partial charge in [0.05, 0.1) is 25.2 Å². The van der Waals surface area contributed by atoms with Crippen molar-refractivity contribution in [2.75, 3.05) is 19.8 Å². The van der Waals surface area contributed by atoms with E-state index >= 15 is 0 Å². The minimum atomic E-state index is -1.30. The van der Waals surface area contributed by atoms with Crippen LogP contribution in [0.2, 0.25) is 0 Å². The summed E-state index contributed by atoms with van der Waals surface area (Å²) in [6, 6.07) is -1.36. The molecule has 6 atom stereocenters. The van der Waals surface area contributed by atoms with Crippen LogP contribution in [0.3, 0.4) is 0 Å². The second-order valence-corrected chi connectivity index (χ2v) is 12.2. The molecule has 0 radical (unpaired) electrons. The minimum Gasteiger partial charge on any atom is -0.465 e. The monoisotopic (exact) mass is 528 g/mol. The van der Waals surface area contributed by atoms with Gasteiger partial charge in [0.15, 0.2) is 0 Å². The zero-order valence-corrected chi connectivity index (χ0v) is 23.1. The Balaban J connectivity index is 1.66. The van der Waals surface area contributed by atoms with Gasteiger partial charge in [0, 0.05) is 12.6 Å². The highest BCUT2D eigenvalue weighted by molar-refractivity contribution is 5.99. The predicted octanol–water partition coefficient (Wildman–Crippen LogP) is 3.38. The van der Waals surface area contributed by atoms with Crippen molar-refractivity contribution in [1.82, 2.24) is 9.80 Å². The third-order valence-corrected chi connectivity index (χ3v) is 9.47. The normalized spacial score (nSPS) is 37.6. The van der Waals surface area contributed by atoms with E-state index in [2.05, 4.69) is 0 Å². The van der Waals surface area contributed by atoms with Crippen LogP contribution in [-0.4, -0.2) is 81.8 Å². The number of fused-ring (bicyclic) bond motifs is 2. The lowest BCUT2D eigenvalue weighted by molar-refractivity contribution is -0.163. The van der Waals surface area contributed by atoms with Crippen LogP contribution in [0.25, 0.3) is 0 Å². The Kier molecular flexibility index (Phi) is 7.75. The first-order valence-electron chi connectivity index (χ1n) is 14.8.